The van der Waals surface area contributed by atoms with Crippen molar-refractivity contribution in [3.05, 3.63) is 29.6 Å². The van der Waals surface area contributed by atoms with Crippen LogP contribution < -0.4 is 4.74 Å². The molecule has 1 nitrogen and oxygen atoms in total. The molecule has 102 valence electrons. The maximum absolute atomic E-state index is 13.3. The Morgan fingerprint density at radius 3 is 2.63 bits per heavy atom. The van der Waals surface area contributed by atoms with Crippen molar-refractivity contribution in [2.45, 2.75) is 44.6 Å². The molecule has 0 N–H and O–H groups in total. The third-order valence-corrected chi connectivity index (χ3v) is 3.46. The minimum Gasteiger partial charge on any atom is -0.489 e. The highest BCUT2D eigenvalue weighted by atomic mass is 35.5. The standard InChI is InChI=1S/C16H18ClFO/c17-11-5-6-13-12-14(18)9-10-16(13)19-15-7-3-1-2-4-8-15/h9-10,12,15H,1-4,7-8,11H2. The molecule has 1 aliphatic carbocycles. The smallest absolute Gasteiger partial charge is 0.135 e. The van der Waals surface area contributed by atoms with Crippen molar-refractivity contribution in [1.29, 1.82) is 0 Å². The van der Waals surface area contributed by atoms with Crippen molar-refractivity contribution in [1.82, 2.24) is 0 Å². The zero-order chi connectivity index (χ0) is 13.5. The molecule has 19 heavy (non-hydrogen) atoms. The summed E-state index contributed by atoms with van der Waals surface area (Å²) in [5, 5.41) is 0. The number of alkyl halides is 1. The third-order valence-electron chi connectivity index (χ3n) is 3.33. The Hall–Kier alpha value is -1.20. The minimum atomic E-state index is -0.299. The van der Waals surface area contributed by atoms with Gasteiger partial charge >= 0.3 is 0 Å². The van der Waals surface area contributed by atoms with Crippen LogP contribution in [0.2, 0.25) is 0 Å². The fourth-order valence-corrected chi connectivity index (χ4v) is 2.44. The molecule has 1 fully saturated rings. The first kappa shape index (κ1) is 14.2. The normalized spacial score (nSPS) is 16.3. The van der Waals surface area contributed by atoms with E-state index in [4.69, 9.17) is 16.3 Å². The molecule has 0 aliphatic heterocycles. The number of benzene rings is 1. The summed E-state index contributed by atoms with van der Waals surface area (Å²) in [5.41, 5.74) is 0.588. The van der Waals surface area contributed by atoms with E-state index in [1.165, 1.54) is 37.8 Å². The maximum atomic E-state index is 13.3. The highest BCUT2D eigenvalue weighted by molar-refractivity contribution is 6.19. The first-order valence-electron chi connectivity index (χ1n) is 6.80. The van der Waals surface area contributed by atoms with Crippen LogP contribution in [0.4, 0.5) is 4.39 Å². The quantitative estimate of drug-likeness (QED) is 0.440. The Labute approximate surface area is 119 Å². The Bertz CT molecular complexity index is 467. The van der Waals surface area contributed by atoms with Crippen molar-refractivity contribution in [2.24, 2.45) is 0 Å². The number of halogens is 2. The van der Waals surface area contributed by atoms with Gasteiger partial charge in [0.2, 0.25) is 0 Å². The molecular weight excluding hydrogens is 263 g/mol. The molecular formula is C16H18ClFO. The van der Waals surface area contributed by atoms with Gasteiger partial charge in [-0.25, -0.2) is 4.39 Å². The summed E-state index contributed by atoms with van der Waals surface area (Å²) in [6.07, 6.45) is 7.33. The lowest BCUT2D eigenvalue weighted by Crippen LogP contribution is -2.15. The van der Waals surface area contributed by atoms with Gasteiger partial charge in [-0.15, -0.1) is 11.6 Å². The van der Waals surface area contributed by atoms with Crippen LogP contribution in [0.1, 0.15) is 44.1 Å². The Balaban J connectivity index is 2.13. The summed E-state index contributed by atoms with van der Waals surface area (Å²) in [6.45, 7) is 0. The molecule has 1 aromatic carbocycles. The van der Waals surface area contributed by atoms with Crippen LogP contribution in [-0.4, -0.2) is 12.0 Å². The van der Waals surface area contributed by atoms with Gasteiger partial charge < -0.3 is 4.74 Å². The Kier molecular flexibility index (Phi) is 5.54. The lowest BCUT2D eigenvalue weighted by molar-refractivity contribution is 0.183. The second kappa shape index (κ2) is 7.40. The van der Waals surface area contributed by atoms with Crippen molar-refractivity contribution < 1.29 is 9.13 Å². The monoisotopic (exact) mass is 280 g/mol. The summed E-state index contributed by atoms with van der Waals surface area (Å²) in [6, 6.07) is 4.49. The van der Waals surface area contributed by atoms with E-state index in [1.807, 2.05) is 0 Å². The second-order valence-electron chi connectivity index (χ2n) is 4.81. The van der Waals surface area contributed by atoms with Gasteiger partial charge in [0, 0.05) is 0 Å². The lowest BCUT2D eigenvalue weighted by Gasteiger charge is -2.18. The van der Waals surface area contributed by atoms with E-state index in [0.717, 1.165) is 12.8 Å². The highest BCUT2D eigenvalue weighted by Gasteiger charge is 2.15. The molecule has 3 heteroatoms. The number of ether oxygens (including phenoxy) is 1. The van der Waals surface area contributed by atoms with E-state index in [-0.39, 0.29) is 17.8 Å². The van der Waals surface area contributed by atoms with Crippen LogP contribution in [0.3, 0.4) is 0 Å². The molecule has 0 aromatic heterocycles. The highest BCUT2D eigenvalue weighted by Crippen LogP contribution is 2.25. The van der Waals surface area contributed by atoms with Gasteiger partial charge in [0.1, 0.15) is 11.6 Å². The number of hydrogen-bond acceptors (Lipinski definition) is 1. The Morgan fingerprint density at radius 2 is 1.95 bits per heavy atom. The van der Waals surface area contributed by atoms with Gasteiger partial charge in [-0.1, -0.05) is 24.7 Å². The first-order chi connectivity index (χ1) is 9.29. The van der Waals surface area contributed by atoms with Gasteiger partial charge in [0.05, 0.1) is 17.5 Å². The molecule has 0 saturated heterocycles. The largest absolute Gasteiger partial charge is 0.489 e. The van der Waals surface area contributed by atoms with Crippen LogP contribution >= 0.6 is 11.6 Å². The van der Waals surface area contributed by atoms with E-state index in [2.05, 4.69) is 11.8 Å². The van der Waals surface area contributed by atoms with Crippen molar-refractivity contribution in [2.75, 3.05) is 5.88 Å². The molecule has 2 rings (SSSR count). The molecule has 0 atom stereocenters. The minimum absolute atomic E-state index is 0.226. The molecule has 0 radical (unpaired) electrons. The van der Waals surface area contributed by atoms with E-state index in [1.54, 1.807) is 6.07 Å². The number of hydrogen-bond donors (Lipinski definition) is 0. The summed E-state index contributed by atoms with van der Waals surface area (Å²) in [4.78, 5) is 0. The molecule has 0 amide bonds. The van der Waals surface area contributed by atoms with E-state index in [0.29, 0.717) is 11.3 Å². The molecule has 0 unspecified atom stereocenters. The summed E-state index contributed by atoms with van der Waals surface area (Å²) in [5.74, 6) is 6.22. The summed E-state index contributed by atoms with van der Waals surface area (Å²) in [7, 11) is 0. The predicted octanol–water partition coefficient (Wildman–Crippen LogP) is 4.52. The summed E-state index contributed by atoms with van der Waals surface area (Å²) >= 11 is 5.55. The third kappa shape index (κ3) is 4.44. The van der Waals surface area contributed by atoms with Gasteiger partial charge in [0.25, 0.3) is 0 Å². The molecule has 0 heterocycles. The molecule has 1 saturated carbocycles. The van der Waals surface area contributed by atoms with Crippen LogP contribution in [0.5, 0.6) is 5.75 Å². The zero-order valence-electron chi connectivity index (χ0n) is 10.9. The van der Waals surface area contributed by atoms with Crippen LogP contribution in [-0.2, 0) is 0 Å². The zero-order valence-corrected chi connectivity index (χ0v) is 11.7. The van der Waals surface area contributed by atoms with E-state index < -0.39 is 0 Å². The van der Waals surface area contributed by atoms with E-state index in [9.17, 15) is 4.39 Å². The van der Waals surface area contributed by atoms with Gasteiger partial charge in [0.15, 0.2) is 0 Å². The number of rotatable bonds is 2. The van der Waals surface area contributed by atoms with E-state index >= 15 is 0 Å². The first-order valence-corrected chi connectivity index (χ1v) is 7.34. The van der Waals surface area contributed by atoms with Gasteiger partial charge in [-0.05, 0) is 43.9 Å². The average molecular weight is 281 g/mol. The van der Waals surface area contributed by atoms with Gasteiger partial charge in [-0.2, -0.15) is 0 Å². The molecule has 0 spiro atoms. The average Bonchev–Trinajstić information content (AvgIpc) is 2.67. The fraction of sp³-hybridized carbons (Fsp3) is 0.500. The molecule has 1 aliphatic rings. The topological polar surface area (TPSA) is 9.23 Å². The lowest BCUT2D eigenvalue weighted by atomic mass is 10.1. The Morgan fingerprint density at radius 1 is 1.21 bits per heavy atom. The van der Waals surface area contributed by atoms with Crippen LogP contribution in [0.25, 0.3) is 0 Å². The van der Waals surface area contributed by atoms with Crippen molar-refractivity contribution in [3.63, 3.8) is 0 Å². The maximum Gasteiger partial charge on any atom is 0.135 e. The fourth-order valence-electron chi connectivity index (χ4n) is 2.37. The predicted molar refractivity (Wildman–Crippen MR) is 76.1 cm³/mol. The second-order valence-corrected chi connectivity index (χ2v) is 5.07. The molecule has 0 bridgehead atoms. The van der Waals surface area contributed by atoms with Crippen LogP contribution in [0, 0.1) is 17.7 Å². The van der Waals surface area contributed by atoms with Crippen LogP contribution in [0.15, 0.2) is 18.2 Å². The SMILES string of the molecule is Fc1ccc(OC2CCCCCC2)c(C#CCCl)c1. The van der Waals surface area contributed by atoms with Crippen molar-refractivity contribution in [3.8, 4) is 17.6 Å². The summed E-state index contributed by atoms with van der Waals surface area (Å²) < 4.78 is 19.3. The van der Waals surface area contributed by atoms with Gasteiger partial charge in [-0.3, -0.25) is 0 Å². The van der Waals surface area contributed by atoms with Crippen molar-refractivity contribution >= 4 is 11.6 Å². The molecule has 1 aromatic rings.